The van der Waals surface area contributed by atoms with Crippen molar-refractivity contribution in [2.24, 2.45) is 5.73 Å². The highest BCUT2D eigenvalue weighted by Gasteiger charge is 2.27. The molecule has 6 heteroatoms. The molecule has 0 radical (unpaired) electrons. The van der Waals surface area contributed by atoms with Gasteiger partial charge in [-0.2, -0.15) is 0 Å². The van der Waals surface area contributed by atoms with Crippen LogP contribution in [0.5, 0.6) is 11.5 Å². The Morgan fingerprint density at radius 3 is 2.63 bits per heavy atom. The van der Waals surface area contributed by atoms with Gasteiger partial charge in [0, 0.05) is 19.1 Å². The fraction of sp³-hybridized carbons (Fsp3) is 0.462. The molecule has 0 spiro atoms. The molecule has 5 nitrogen and oxygen atoms in total. The van der Waals surface area contributed by atoms with Crippen LogP contribution >= 0.6 is 12.4 Å². The van der Waals surface area contributed by atoms with Gasteiger partial charge >= 0.3 is 0 Å². The third-order valence-corrected chi connectivity index (χ3v) is 3.15. The van der Waals surface area contributed by atoms with E-state index in [1.165, 1.54) is 7.11 Å². The van der Waals surface area contributed by atoms with Crippen LogP contribution in [-0.4, -0.2) is 44.2 Å². The smallest absolute Gasteiger partial charge is 0.257 e. The molecule has 0 aromatic heterocycles. The summed E-state index contributed by atoms with van der Waals surface area (Å²) in [4.78, 5) is 14.1. The first-order chi connectivity index (χ1) is 8.67. The van der Waals surface area contributed by atoms with Gasteiger partial charge in [0.2, 0.25) is 0 Å². The quantitative estimate of drug-likeness (QED) is 0.910. The molecule has 2 rings (SSSR count). The topological polar surface area (TPSA) is 64.8 Å². The number of ether oxygens (including phenoxy) is 2. The lowest BCUT2D eigenvalue weighted by Crippen LogP contribution is -2.32. The van der Waals surface area contributed by atoms with E-state index in [9.17, 15) is 4.79 Å². The number of nitrogens with zero attached hydrogens (tertiary/aromatic N) is 1. The molecule has 0 aliphatic carbocycles. The first kappa shape index (κ1) is 15.6. The summed E-state index contributed by atoms with van der Waals surface area (Å²) in [5.74, 6) is 0.982. The van der Waals surface area contributed by atoms with Gasteiger partial charge in [-0.1, -0.05) is 6.07 Å². The molecule has 0 saturated carbocycles. The lowest BCUT2D eigenvalue weighted by molar-refractivity contribution is 0.0787. The molecule has 19 heavy (non-hydrogen) atoms. The van der Waals surface area contributed by atoms with Gasteiger partial charge in [0.1, 0.15) is 0 Å². The number of likely N-dealkylation sites (tertiary alicyclic amines) is 1. The normalized spacial score (nSPS) is 17.8. The average Bonchev–Trinajstić information content (AvgIpc) is 2.83. The van der Waals surface area contributed by atoms with Crippen molar-refractivity contribution in [3.8, 4) is 11.5 Å². The van der Waals surface area contributed by atoms with Crippen molar-refractivity contribution in [2.75, 3.05) is 27.3 Å². The van der Waals surface area contributed by atoms with E-state index < -0.39 is 0 Å². The summed E-state index contributed by atoms with van der Waals surface area (Å²) < 4.78 is 10.5. The molecule has 1 aromatic rings. The highest BCUT2D eigenvalue weighted by molar-refractivity contribution is 5.98. The molecule has 0 bridgehead atoms. The standard InChI is InChI=1S/C13H18N2O3.ClH/c1-17-11-5-3-4-10(12(11)18-2)13(16)15-7-6-9(14)8-15;/h3-5,9H,6-8,14H2,1-2H3;1H/t9-;/m1./s1. The predicted octanol–water partition coefficient (Wildman–Crippen LogP) is 1.30. The summed E-state index contributed by atoms with van der Waals surface area (Å²) in [6, 6.07) is 5.37. The van der Waals surface area contributed by atoms with Gasteiger partial charge in [-0.15, -0.1) is 12.4 Å². The number of nitrogens with two attached hydrogens (primary N) is 1. The fourth-order valence-electron chi connectivity index (χ4n) is 2.20. The number of carbonyl (C=O) groups excluding carboxylic acids is 1. The fourth-order valence-corrected chi connectivity index (χ4v) is 2.20. The summed E-state index contributed by atoms with van der Waals surface area (Å²) in [6.07, 6.45) is 0.845. The van der Waals surface area contributed by atoms with Crippen LogP contribution in [0.1, 0.15) is 16.8 Å². The molecular weight excluding hydrogens is 268 g/mol. The van der Waals surface area contributed by atoms with Gasteiger partial charge in [-0.05, 0) is 18.6 Å². The van der Waals surface area contributed by atoms with Crippen LogP contribution in [0, 0.1) is 0 Å². The largest absolute Gasteiger partial charge is 0.493 e. The van der Waals surface area contributed by atoms with Crippen LogP contribution in [0.4, 0.5) is 0 Å². The molecule has 1 aliphatic heterocycles. The summed E-state index contributed by atoms with van der Waals surface area (Å²) in [5.41, 5.74) is 6.34. The van der Waals surface area contributed by atoms with Gasteiger partial charge in [0.25, 0.3) is 5.91 Å². The molecule has 1 saturated heterocycles. The van der Waals surface area contributed by atoms with Crippen LogP contribution in [0.25, 0.3) is 0 Å². The summed E-state index contributed by atoms with van der Waals surface area (Å²) in [5, 5.41) is 0. The maximum absolute atomic E-state index is 12.4. The van der Waals surface area contributed by atoms with E-state index in [1.807, 2.05) is 0 Å². The number of hydrogen-bond donors (Lipinski definition) is 1. The Bertz CT molecular complexity index is 454. The zero-order valence-electron chi connectivity index (χ0n) is 11.1. The first-order valence-electron chi connectivity index (χ1n) is 5.93. The van der Waals surface area contributed by atoms with Crippen molar-refractivity contribution >= 4 is 18.3 Å². The minimum absolute atomic E-state index is 0. The summed E-state index contributed by atoms with van der Waals surface area (Å²) in [7, 11) is 3.09. The molecule has 1 aliphatic rings. The van der Waals surface area contributed by atoms with Crippen molar-refractivity contribution in [3.05, 3.63) is 23.8 Å². The third kappa shape index (κ3) is 3.11. The minimum Gasteiger partial charge on any atom is -0.493 e. The van der Waals surface area contributed by atoms with E-state index in [0.29, 0.717) is 30.2 Å². The number of methoxy groups -OCH3 is 2. The highest BCUT2D eigenvalue weighted by Crippen LogP contribution is 2.31. The van der Waals surface area contributed by atoms with Crippen LogP contribution < -0.4 is 15.2 Å². The Morgan fingerprint density at radius 1 is 1.37 bits per heavy atom. The number of benzene rings is 1. The maximum atomic E-state index is 12.4. The Hall–Kier alpha value is -1.46. The predicted molar refractivity (Wildman–Crippen MR) is 75.3 cm³/mol. The van der Waals surface area contributed by atoms with E-state index in [4.69, 9.17) is 15.2 Å². The minimum atomic E-state index is -0.0568. The molecule has 1 fully saturated rings. The van der Waals surface area contributed by atoms with Crippen molar-refractivity contribution in [3.63, 3.8) is 0 Å². The van der Waals surface area contributed by atoms with Crippen LogP contribution in [-0.2, 0) is 0 Å². The van der Waals surface area contributed by atoms with Crippen molar-refractivity contribution in [1.29, 1.82) is 0 Å². The van der Waals surface area contributed by atoms with Crippen molar-refractivity contribution < 1.29 is 14.3 Å². The third-order valence-electron chi connectivity index (χ3n) is 3.15. The Morgan fingerprint density at radius 2 is 2.11 bits per heavy atom. The second-order valence-corrected chi connectivity index (χ2v) is 4.34. The molecule has 1 aromatic carbocycles. The zero-order chi connectivity index (χ0) is 13.1. The second-order valence-electron chi connectivity index (χ2n) is 4.34. The number of rotatable bonds is 3. The molecule has 106 valence electrons. The van der Waals surface area contributed by atoms with E-state index in [2.05, 4.69) is 0 Å². The van der Waals surface area contributed by atoms with E-state index in [1.54, 1.807) is 30.2 Å². The van der Waals surface area contributed by atoms with Crippen LogP contribution in [0.3, 0.4) is 0 Å². The van der Waals surface area contributed by atoms with Crippen LogP contribution in [0.15, 0.2) is 18.2 Å². The van der Waals surface area contributed by atoms with E-state index in [-0.39, 0.29) is 24.4 Å². The lowest BCUT2D eigenvalue weighted by atomic mass is 10.1. The van der Waals surface area contributed by atoms with E-state index in [0.717, 1.165) is 6.42 Å². The monoisotopic (exact) mass is 286 g/mol. The number of halogens is 1. The highest BCUT2D eigenvalue weighted by atomic mass is 35.5. The summed E-state index contributed by atoms with van der Waals surface area (Å²) >= 11 is 0. The Balaban J connectivity index is 0.00000180. The molecular formula is C13H19ClN2O3. The van der Waals surface area contributed by atoms with Gasteiger partial charge in [-0.25, -0.2) is 0 Å². The van der Waals surface area contributed by atoms with Crippen LogP contribution in [0.2, 0.25) is 0 Å². The Kier molecular flexibility index (Phi) is 5.44. The molecule has 1 heterocycles. The van der Waals surface area contributed by atoms with Gasteiger partial charge < -0.3 is 20.1 Å². The molecule has 1 amide bonds. The maximum Gasteiger partial charge on any atom is 0.257 e. The SMILES string of the molecule is COc1cccc(C(=O)N2CC[C@@H](N)C2)c1OC.Cl. The summed E-state index contributed by atoms with van der Waals surface area (Å²) in [6.45, 7) is 1.29. The number of carbonyl (C=O) groups is 1. The molecule has 0 unspecified atom stereocenters. The first-order valence-corrected chi connectivity index (χ1v) is 5.93. The Labute approximate surface area is 119 Å². The van der Waals surface area contributed by atoms with Crippen molar-refractivity contribution in [1.82, 2.24) is 4.90 Å². The zero-order valence-corrected chi connectivity index (χ0v) is 11.9. The second kappa shape index (κ2) is 6.63. The number of para-hydroxylation sites is 1. The molecule has 2 N–H and O–H groups in total. The van der Waals surface area contributed by atoms with Gasteiger partial charge in [-0.3, -0.25) is 4.79 Å². The molecule has 1 atom stereocenters. The van der Waals surface area contributed by atoms with Gasteiger partial charge in [0.15, 0.2) is 11.5 Å². The number of amides is 1. The lowest BCUT2D eigenvalue weighted by Gasteiger charge is -2.18. The van der Waals surface area contributed by atoms with Gasteiger partial charge in [0.05, 0.1) is 19.8 Å². The average molecular weight is 287 g/mol. The van der Waals surface area contributed by atoms with E-state index >= 15 is 0 Å². The number of hydrogen-bond acceptors (Lipinski definition) is 4. The van der Waals surface area contributed by atoms with Crippen molar-refractivity contribution in [2.45, 2.75) is 12.5 Å².